The molecule has 0 aliphatic rings. The fraction of sp³-hybridized carbons (Fsp3) is 0.122. The first-order chi connectivity index (χ1) is 27.2. The minimum absolute atomic E-state index is 0.0202. The molecule has 3 aromatic heterocycles. The van der Waals surface area contributed by atoms with E-state index in [0.29, 0.717) is 62.4 Å². The van der Waals surface area contributed by atoms with Gasteiger partial charge in [0.2, 0.25) is 0 Å². The van der Waals surface area contributed by atoms with Crippen LogP contribution in [0.5, 0.6) is 46.0 Å². The third-order valence-corrected chi connectivity index (χ3v) is 8.19. The maximum Gasteiger partial charge on any atom is 0.319 e. The van der Waals surface area contributed by atoms with Gasteiger partial charge in [-0.2, -0.15) is 0 Å². The summed E-state index contributed by atoms with van der Waals surface area (Å²) < 4.78 is 61.1. The summed E-state index contributed by atoms with van der Waals surface area (Å²) in [5.74, 6) is 2.62. The van der Waals surface area contributed by atoms with Crippen molar-refractivity contribution in [3.8, 4) is 46.0 Å². The summed E-state index contributed by atoms with van der Waals surface area (Å²) in [6.45, 7) is 0.221. The van der Waals surface area contributed by atoms with E-state index in [1.165, 1.54) is 31.4 Å². The lowest BCUT2D eigenvalue weighted by molar-refractivity contribution is 0.251. The molecule has 2 amide bonds. The summed E-state index contributed by atoms with van der Waals surface area (Å²) in [6.07, 6.45) is 4.82. The van der Waals surface area contributed by atoms with Crippen molar-refractivity contribution in [3.63, 3.8) is 0 Å². The van der Waals surface area contributed by atoms with Crippen molar-refractivity contribution in [2.45, 2.75) is 6.54 Å². The number of nitrogens with one attached hydrogen (secondary N) is 2. The van der Waals surface area contributed by atoms with Gasteiger partial charge >= 0.3 is 6.03 Å². The summed E-state index contributed by atoms with van der Waals surface area (Å²) in [4.78, 5) is 24.8. The van der Waals surface area contributed by atoms with Gasteiger partial charge < -0.3 is 44.8 Å². The Morgan fingerprint density at radius 2 is 1.14 bits per heavy atom. The number of nitrogen functional groups attached to an aromatic ring is 1. The van der Waals surface area contributed by atoms with E-state index >= 15 is 0 Å². The zero-order chi connectivity index (χ0) is 39.6. The summed E-state index contributed by atoms with van der Waals surface area (Å²) in [5.41, 5.74) is 7.56. The first kappa shape index (κ1) is 38.3. The van der Waals surface area contributed by atoms with Gasteiger partial charge in [0.25, 0.3) is 0 Å². The van der Waals surface area contributed by atoms with Gasteiger partial charge in [0, 0.05) is 53.6 Å². The highest BCUT2D eigenvalue weighted by molar-refractivity contribution is 5.90. The highest BCUT2D eigenvalue weighted by Gasteiger charge is 2.15. The number of aromatic nitrogens is 3. The quantitative estimate of drug-likeness (QED) is 0.108. The van der Waals surface area contributed by atoms with E-state index in [2.05, 4.69) is 25.6 Å². The predicted octanol–water partition coefficient (Wildman–Crippen LogP) is 8.67. The molecule has 4 N–H and O–H groups in total. The van der Waals surface area contributed by atoms with Crippen LogP contribution in [0.3, 0.4) is 0 Å². The van der Waals surface area contributed by atoms with E-state index in [1.54, 1.807) is 101 Å². The number of pyridine rings is 3. The van der Waals surface area contributed by atoms with E-state index < -0.39 is 17.7 Å². The smallest absolute Gasteiger partial charge is 0.319 e. The monoisotopic (exact) mass is 762 g/mol. The van der Waals surface area contributed by atoms with E-state index in [4.69, 9.17) is 34.2 Å². The van der Waals surface area contributed by atoms with E-state index in [-0.39, 0.29) is 23.7 Å². The summed E-state index contributed by atoms with van der Waals surface area (Å²) in [5, 5.41) is 6.51. The predicted molar refractivity (Wildman–Crippen MR) is 207 cm³/mol. The van der Waals surface area contributed by atoms with Crippen molar-refractivity contribution in [1.29, 1.82) is 0 Å². The van der Waals surface area contributed by atoms with Gasteiger partial charge in [-0.05, 0) is 60.7 Å². The van der Waals surface area contributed by atoms with Gasteiger partial charge in [-0.25, -0.2) is 13.6 Å². The van der Waals surface area contributed by atoms with Crippen molar-refractivity contribution < 1.29 is 42.0 Å². The molecule has 0 atom stereocenters. The average Bonchev–Trinajstić information content (AvgIpc) is 3.22. The molecule has 15 heteroatoms. The standard InChI is InChI=1S/C24H21FN4O4.C17H15FN2O3/c1-31-22-12-17-20(13-23(22)32-2)27-10-8-21(17)33-16-6-7-19(18(25)11-16)29-24(30)28-14-15-5-3-4-9-26-15;1-21-16-8-11-14(9-17(16)22-2)20-6-5-15(11)23-10-3-4-13(19)12(18)7-10/h3-13H,14H2,1-2H3,(H2,28,29,30);3-9H,19H2,1-2H3. The largest absolute Gasteiger partial charge is 0.493 e. The molecule has 0 saturated carbocycles. The third-order valence-electron chi connectivity index (χ3n) is 8.19. The van der Waals surface area contributed by atoms with Crippen LogP contribution in [0.2, 0.25) is 0 Å². The second-order valence-electron chi connectivity index (χ2n) is 11.7. The molecule has 0 bridgehead atoms. The molecule has 0 unspecified atom stereocenters. The minimum atomic E-state index is -0.641. The zero-order valence-corrected chi connectivity index (χ0v) is 30.6. The van der Waals surface area contributed by atoms with Crippen LogP contribution >= 0.6 is 0 Å². The zero-order valence-electron chi connectivity index (χ0n) is 30.6. The number of rotatable bonds is 11. The molecule has 0 aliphatic heterocycles. The second-order valence-corrected chi connectivity index (χ2v) is 11.7. The van der Waals surface area contributed by atoms with Crippen LogP contribution in [-0.4, -0.2) is 49.4 Å². The number of halogens is 2. The number of amides is 2. The summed E-state index contributed by atoms with van der Waals surface area (Å²) >= 11 is 0. The van der Waals surface area contributed by atoms with Crippen LogP contribution in [-0.2, 0) is 6.54 Å². The van der Waals surface area contributed by atoms with Crippen LogP contribution in [0.4, 0.5) is 25.0 Å². The molecule has 56 heavy (non-hydrogen) atoms. The molecule has 7 aromatic rings. The number of hydrogen-bond donors (Lipinski definition) is 3. The van der Waals surface area contributed by atoms with Crippen LogP contribution < -0.4 is 44.8 Å². The minimum Gasteiger partial charge on any atom is -0.493 e. The summed E-state index contributed by atoms with van der Waals surface area (Å²) in [6, 6.07) is 23.7. The number of carbonyl (C=O) groups is 1. The van der Waals surface area contributed by atoms with Crippen LogP contribution in [0.1, 0.15) is 5.69 Å². The number of fused-ring (bicyclic) bond motifs is 2. The number of anilines is 2. The van der Waals surface area contributed by atoms with E-state index in [0.717, 1.165) is 5.39 Å². The van der Waals surface area contributed by atoms with Gasteiger partial charge in [0.15, 0.2) is 23.0 Å². The van der Waals surface area contributed by atoms with Crippen LogP contribution in [0.15, 0.2) is 110 Å². The highest BCUT2D eigenvalue weighted by atomic mass is 19.1. The Hall–Kier alpha value is -7.42. The van der Waals surface area contributed by atoms with Gasteiger partial charge in [0.05, 0.1) is 63.1 Å². The normalized spacial score (nSPS) is 10.5. The first-order valence-corrected chi connectivity index (χ1v) is 16.9. The number of ether oxygens (including phenoxy) is 6. The number of benzene rings is 4. The SMILES string of the molecule is COc1cc2nccc(Oc3ccc(N)c(F)c3)c2cc1OC.COc1cc2nccc(Oc3ccc(NC(=O)NCc4ccccn4)c(F)c3)c2cc1OC. The Morgan fingerprint density at radius 1 is 0.607 bits per heavy atom. The number of hydrogen-bond acceptors (Lipinski definition) is 11. The number of methoxy groups -OCH3 is 4. The molecule has 4 aromatic carbocycles. The van der Waals surface area contributed by atoms with E-state index in [9.17, 15) is 13.6 Å². The van der Waals surface area contributed by atoms with Gasteiger partial charge in [-0.1, -0.05) is 6.07 Å². The topological polar surface area (TPSA) is 161 Å². The van der Waals surface area contributed by atoms with E-state index in [1.807, 2.05) is 6.07 Å². The molecule has 0 spiro atoms. The highest BCUT2D eigenvalue weighted by Crippen LogP contribution is 2.38. The van der Waals surface area contributed by atoms with Gasteiger partial charge in [-0.15, -0.1) is 0 Å². The van der Waals surface area contributed by atoms with Gasteiger partial charge in [0.1, 0.15) is 34.6 Å². The lowest BCUT2D eigenvalue weighted by Gasteiger charge is -2.13. The lowest BCUT2D eigenvalue weighted by Crippen LogP contribution is -2.28. The molecule has 7 rings (SSSR count). The Kier molecular flexibility index (Phi) is 12.0. The van der Waals surface area contributed by atoms with Crippen molar-refractivity contribution in [3.05, 3.63) is 127 Å². The second kappa shape index (κ2) is 17.6. The molecule has 0 fully saturated rings. The number of nitrogens with two attached hydrogens (primary N) is 1. The molecule has 13 nitrogen and oxygen atoms in total. The molecule has 0 radical (unpaired) electrons. The maximum atomic E-state index is 14.6. The number of nitrogens with zero attached hydrogens (tertiary/aromatic N) is 3. The number of carbonyl (C=O) groups excluding carboxylic acids is 1. The average molecular weight is 763 g/mol. The Labute approximate surface area is 319 Å². The molecule has 286 valence electrons. The molecule has 0 saturated heterocycles. The van der Waals surface area contributed by atoms with Crippen molar-refractivity contribution in [2.75, 3.05) is 39.5 Å². The molecule has 3 heterocycles. The molecule has 0 aliphatic carbocycles. The third kappa shape index (κ3) is 9.02. The number of urea groups is 1. The van der Waals surface area contributed by atoms with Crippen molar-refractivity contribution in [2.24, 2.45) is 0 Å². The first-order valence-electron chi connectivity index (χ1n) is 16.9. The Morgan fingerprint density at radius 3 is 1.64 bits per heavy atom. The van der Waals surface area contributed by atoms with Crippen LogP contribution in [0, 0.1) is 11.6 Å². The molecular formula is C41H36F2N6O7. The summed E-state index contributed by atoms with van der Waals surface area (Å²) in [7, 11) is 6.19. The van der Waals surface area contributed by atoms with Crippen LogP contribution in [0.25, 0.3) is 21.8 Å². The Balaban J connectivity index is 0.000000202. The Bertz CT molecular complexity index is 2490. The maximum absolute atomic E-state index is 14.6. The fourth-order valence-electron chi connectivity index (χ4n) is 5.40. The van der Waals surface area contributed by atoms with Gasteiger partial charge in [-0.3, -0.25) is 15.0 Å². The van der Waals surface area contributed by atoms with Crippen molar-refractivity contribution >= 4 is 39.2 Å². The van der Waals surface area contributed by atoms with Crippen molar-refractivity contribution in [1.82, 2.24) is 20.3 Å². The lowest BCUT2D eigenvalue weighted by atomic mass is 10.2. The fourth-order valence-corrected chi connectivity index (χ4v) is 5.40. The molecular weight excluding hydrogens is 726 g/mol.